The fraction of sp³-hybridized carbons (Fsp3) is 0.278. The van der Waals surface area contributed by atoms with Gasteiger partial charge in [0, 0.05) is 25.2 Å². The molecular weight excluding hydrogens is 348 g/mol. The number of aliphatic imine (C=N–C) groups is 1. The third-order valence-corrected chi connectivity index (χ3v) is 3.73. The zero-order valence-corrected chi connectivity index (χ0v) is 14.6. The number of guanidine groups is 1. The van der Waals surface area contributed by atoms with Crippen LogP contribution < -0.4 is 15.4 Å². The quantitative estimate of drug-likeness (QED) is 0.577. The van der Waals surface area contributed by atoms with Gasteiger partial charge in [0.05, 0.1) is 0 Å². The first kappa shape index (κ1) is 19.0. The lowest BCUT2D eigenvalue weighted by Crippen LogP contribution is -2.36. The third-order valence-electron chi connectivity index (χ3n) is 3.36. The second kappa shape index (κ2) is 9.84. The van der Waals surface area contributed by atoms with Crippen LogP contribution in [0.25, 0.3) is 0 Å². The number of alkyl halides is 2. The largest absolute Gasteiger partial charge is 0.488 e. The Kier molecular flexibility index (Phi) is 7.47. The van der Waals surface area contributed by atoms with E-state index in [0.717, 1.165) is 11.1 Å². The number of ether oxygens (including phenoxy) is 1. The number of rotatable bonds is 7. The second-order valence-electron chi connectivity index (χ2n) is 5.22. The van der Waals surface area contributed by atoms with Crippen LogP contribution in [0, 0.1) is 0 Å². The minimum absolute atomic E-state index is 0.415. The van der Waals surface area contributed by atoms with Gasteiger partial charge < -0.3 is 15.4 Å². The van der Waals surface area contributed by atoms with Gasteiger partial charge in [-0.3, -0.25) is 4.99 Å². The third kappa shape index (κ3) is 6.58. The van der Waals surface area contributed by atoms with Gasteiger partial charge in [-0.1, -0.05) is 41.9 Å². The fourth-order valence-corrected chi connectivity index (χ4v) is 2.33. The Balaban J connectivity index is 1.86. The molecule has 0 heterocycles. The van der Waals surface area contributed by atoms with Crippen molar-refractivity contribution in [3.8, 4) is 5.75 Å². The lowest BCUT2D eigenvalue weighted by atomic mass is 10.2. The average molecular weight is 368 g/mol. The van der Waals surface area contributed by atoms with Crippen LogP contribution in [-0.4, -0.2) is 26.0 Å². The first-order chi connectivity index (χ1) is 12.1. The van der Waals surface area contributed by atoms with Gasteiger partial charge in [-0.05, 0) is 29.3 Å². The minimum Gasteiger partial charge on any atom is -0.488 e. The van der Waals surface area contributed by atoms with Crippen LogP contribution in [0.3, 0.4) is 0 Å². The zero-order chi connectivity index (χ0) is 18.1. The first-order valence-corrected chi connectivity index (χ1v) is 8.14. The van der Waals surface area contributed by atoms with Crippen LogP contribution in [0.2, 0.25) is 5.02 Å². The van der Waals surface area contributed by atoms with E-state index in [1.165, 1.54) is 0 Å². The molecule has 0 aliphatic carbocycles. The summed E-state index contributed by atoms with van der Waals surface area (Å²) in [6.45, 7) is 0.406. The van der Waals surface area contributed by atoms with Crippen molar-refractivity contribution in [2.24, 2.45) is 4.99 Å². The predicted octanol–water partition coefficient (Wildman–Crippen LogP) is 3.85. The molecule has 2 aromatic rings. The van der Waals surface area contributed by atoms with Gasteiger partial charge in [-0.15, -0.1) is 0 Å². The zero-order valence-electron chi connectivity index (χ0n) is 13.8. The van der Waals surface area contributed by atoms with E-state index in [1.807, 2.05) is 30.3 Å². The first-order valence-electron chi connectivity index (χ1n) is 7.76. The number of halogens is 3. The Morgan fingerprint density at radius 2 is 1.88 bits per heavy atom. The smallest absolute Gasteiger partial charge is 0.272 e. The molecule has 7 heteroatoms. The second-order valence-corrected chi connectivity index (χ2v) is 5.63. The average Bonchev–Trinajstić information content (AvgIpc) is 2.62. The predicted molar refractivity (Wildman–Crippen MR) is 96.4 cm³/mol. The van der Waals surface area contributed by atoms with Crippen LogP contribution in [0.5, 0.6) is 5.75 Å². The Morgan fingerprint density at radius 3 is 2.60 bits per heavy atom. The molecule has 4 nitrogen and oxygen atoms in total. The molecule has 25 heavy (non-hydrogen) atoms. The van der Waals surface area contributed by atoms with E-state index < -0.39 is 13.0 Å². The van der Waals surface area contributed by atoms with Gasteiger partial charge >= 0.3 is 0 Å². The van der Waals surface area contributed by atoms with E-state index in [2.05, 4.69) is 15.6 Å². The van der Waals surface area contributed by atoms with Crippen molar-refractivity contribution in [1.82, 2.24) is 10.6 Å². The van der Waals surface area contributed by atoms with Gasteiger partial charge in [0.1, 0.15) is 12.4 Å². The van der Waals surface area contributed by atoms with Crippen molar-refractivity contribution in [3.63, 3.8) is 0 Å². The van der Waals surface area contributed by atoms with E-state index in [9.17, 15) is 8.78 Å². The lowest BCUT2D eigenvalue weighted by molar-refractivity contribution is 0.0818. The van der Waals surface area contributed by atoms with Crippen molar-refractivity contribution < 1.29 is 13.5 Å². The van der Waals surface area contributed by atoms with E-state index >= 15 is 0 Å². The summed E-state index contributed by atoms with van der Waals surface area (Å²) in [5.41, 5.74) is 1.86. The van der Waals surface area contributed by atoms with Crippen LogP contribution in [0.1, 0.15) is 11.1 Å². The van der Waals surface area contributed by atoms with Gasteiger partial charge in [-0.2, -0.15) is 0 Å². The highest BCUT2D eigenvalue weighted by Crippen LogP contribution is 2.15. The summed E-state index contributed by atoms with van der Waals surface area (Å²) in [6.07, 6.45) is -2.49. The summed E-state index contributed by atoms with van der Waals surface area (Å²) < 4.78 is 29.4. The van der Waals surface area contributed by atoms with Crippen LogP contribution in [-0.2, 0) is 13.1 Å². The SMILES string of the molecule is CN=C(NCc1cccc(OCC(F)F)c1)NCc1ccccc1Cl. The molecule has 0 aliphatic heterocycles. The molecule has 2 aromatic carbocycles. The summed E-state index contributed by atoms with van der Waals surface area (Å²) in [7, 11) is 1.67. The molecule has 134 valence electrons. The topological polar surface area (TPSA) is 45.7 Å². The summed E-state index contributed by atoms with van der Waals surface area (Å²) >= 11 is 6.13. The molecule has 0 saturated heterocycles. The van der Waals surface area contributed by atoms with Crippen molar-refractivity contribution in [2.45, 2.75) is 19.5 Å². The summed E-state index contributed by atoms with van der Waals surface area (Å²) in [5.74, 6) is 1.03. The molecule has 0 radical (unpaired) electrons. The fourth-order valence-electron chi connectivity index (χ4n) is 2.13. The molecule has 0 aliphatic rings. The molecule has 0 spiro atoms. The summed E-state index contributed by atoms with van der Waals surface area (Å²) in [6, 6.07) is 14.6. The lowest BCUT2D eigenvalue weighted by Gasteiger charge is -2.13. The highest BCUT2D eigenvalue weighted by Gasteiger charge is 2.05. The van der Waals surface area contributed by atoms with E-state index in [-0.39, 0.29) is 0 Å². The molecule has 2 rings (SSSR count). The Hall–Kier alpha value is -2.34. The minimum atomic E-state index is -2.49. The van der Waals surface area contributed by atoms with Crippen molar-refractivity contribution in [3.05, 3.63) is 64.7 Å². The molecular formula is C18H20ClF2N3O. The number of nitrogens with zero attached hydrogens (tertiary/aromatic N) is 1. The van der Waals surface area contributed by atoms with E-state index in [1.54, 1.807) is 25.2 Å². The Morgan fingerprint density at radius 1 is 1.12 bits per heavy atom. The maximum atomic E-state index is 12.2. The Labute approximate surface area is 150 Å². The maximum absolute atomic E-state index is 12.2. The van der Waals surface area contributed by atoms with Crippen molar-refractivity contribution in [1.29, 1.82) is 0 Å². The summed E-state index contributed by atoms with van der Waals surface area (Å²) in [5, 5.41) is 7.02. The van der Waals surface area contributed by atoms with Gasteiger partial charge in [0.25, 0.3) is 6.43 Å². The monoisotopic (exact) mass is 367 g/mol. The number of hydrogen-bond donors (Lipinski definition) is 2. The summed E-state index contributed by atoms with van der Waals surface area (Å²) in [4.78, 5) is 4.15. The van der Waals surface area contributed by atoms with Crippen LogP contribution in [0.4, 0.5) is 8.78 Å². The van der Waals surface area contributed by atoms with Crippen molar-refractivity contribution in [2.75, 3.05) is 13.7 Å². The van der Waals surface area contributed by atoms with Gasteiger partial charge in [0.15, 0.2) is 5.96 Å². The standard InChI is InChI=1S/C18H20ClF2N3O/c1-22-18(24-11-14-6-2-3-8-16(14)19)23-10-13-5-4-7-15(9-13)25-12-17(20)21/h2-9,17H,10-12H2,1H3,(H2,22,23,24). The number of benzene rings is 2. The molecule has 0 fully saturated rings. The highest BCUT2D eigenvalue weighted by atomic mass is 35.5. The molecule has 0 bridgehead atoms. The molecule has 2 N–H and O–H groups in total. The maximum Gasteiger partial charge on any atom is 0.272 e. The van der Waals surface area contributed by atoms with Crippen LogP contribution >= 0.6 is 11.6 Å². The van der Waals surface area contributed by atoms with E-state index in [4.69, 9.17) is 16.3 Å². The van der Waals surface area contributed by atoms with Gasteiger partial charge in [-0.25, -0.2) is 8.78 Å². The highest BCUT2D eigenvalue weighted by molar-refractivity contribution is 6.31. The molecule has 0 atom stereocenters. The molecule has 0 saturated carbocycles. The van der Waals surface area contributed by atoms with Crippen molar-refractivity contribution >= 4 is 17.6 Å². The van der Waals surface area contributed by atoms with Crippen LogP contribution in [0.15, 0.2) is 53.5 Å². The number of nitrogens with one attached hydrogen (secondary N) is 2. The number of hydrogen-bond acceptors (Lipinski definition) is 2. The van der Waals surface area contributed by atoms with E-state index in [0.29, 0.717) is 29.8 Å². The molecule has 0 unspecified atom stereocenters. The molecule has 0 amide bonds. The Bertz CT molecular complexity index is 710. The molecule has 0 aromatic heterocycles. The normalized spacial score (nSPS) is 11.5. The van der Waals surface area contributed by atoms with Gasteiger partial charge in [0.2, 0.25) is 0 Å².